The van der Waals surface area contributed by atoms with Crippen LogP contribution in [0.2, 0.25) is 0 Å². The number of nitrogens with two attached hydrogens (primary N) is 1. The van der Waals surface area contributed by atoms with Crippen LogP contribution >= 0.6 is 0 Å². The molecular weight excluding hydrogens is 250 g/mol. The van der Waals surface area contributed by atoms with Crippen LogP contribution in [0.4, 0.5) is 0 Å². The first-order chi connectivity index (χ1) is 9.61. The highest BCUT2D eigenvalue weighted by Crippen LogP contribution is 2.16. The summed E-state index contributed by atoms with van der Waals surface area (Å²) >= 11 is 0. The van der Waals surface area contributed by atoms with Gasteiger partial charge >= 0.3 is 0 Å². The highest BCUT2D eigenvalue weighted by Gasteiger charge is 2.24. The molecular formula is C16H25N3O. The van der Waals surface area contributed by atoms with Crippen LogP contribution in [0.15, 0.2) is 24.3 Å². The third kappa shape index (κ3) is 3.58. The number of nitrogens with zero attached hydrogens (tertiary/aromatic N) is 2. The van der Waals surface area contributed by atoms with E-state index >= 15 is 0 Å². The zero-order valence-electron chi connectivity index (χ0n) is 12.5. The Morgan fingerprint density at radius 3 is 2.70 bits per heavy atom. The lowest BCUT2D eigenvalue weighted by Crippen LogP contribution is -2.47. The summed E-state index contributed by atoms with van der Waals surface area (Å²) in [6.07, 6.45) is 3.11. The minimum Gasteiger partial charge on any atom is -0.337 e. The van der Waals surface area contributed by atoms with Gasteiger partial charge in [-0.05, 0) is 57.1 Å². The number of hydrogen-bond acceptors (Lipinski definition) is 3. The van der Waals surface area contributed by atoms with Crippen molar-refractivity contribution in [2.45, 2.75) is 25.3 Å². The van der Waals surface area contributed by atoms with Crippen molar-refractivity contribution in [1.29, 1.82) is 0 Å². The Morgan fingerprint density at radius 2 is 2.10 bits per heavy atom. The van der Waals surface area contributed by atoms with Crippen molar-refractivity contribution >= 4 is 5.91 Å². The average molecular weight is 275 g/mol. The molecule has 0 spiro atoms. The number of amides is 1. The van der Waals surface area contributed by atoms with Crippen molar-refractivity contribution in [3.8, 4) is 0 Å². The third-order valence-electron chi connectivity index (χ3n) is 4.10. The van der Waals surface area contributed by atoms with Crippen molar-refractivity contribution in [3.63, 3.8) is 0 Å². The van der Waals surface area contributed by atoms with Gasteiger partial charge in [0.2, 0.25) is 0 Å². The lowest BCUT2D eigenvalue weighted by atomic mass is 10.0. The first kappa shape index (κ1) is 15.0. The van der Waals surface area contributed by atoms with Gasteiger partial charge in [0.15, 0.2) is 0 Å². The molecule has 2 N–H and O–H groups in total. The molecule has 1 atom stereocenters. The largest absolute Gasteiger partial charge is 0.337 e. The van der Waals surface area contributed by atoms with Gasteiger partial charge in [0.05, 0.1) is 0 Å². The van der Waals surface area contributed by atoms with E-state index in [1.165, 1.54) is 5.56 Å². The molecule has 0 saturated carbocycles. The third-order valence-corrected chi connectivity index (χ3v) is 4.10. The SMILES string of the molecule is CN1CCCC(N(C)C(=O)c2ccc(CCN)cc2)C1. The Bertz CT molecular complexity index is 444. The maximum Gasteiger partial charge on any atom is 0.253 e. The number of carbonyl (C=O) groups excluding carboxylic acids is 1. The number of rotatable bonds is 4. The van der Waals surface area contributed by atoms with Crippen LogP contribution in [-0.4, -0.2) is 55.5 Å². The number of hydrogen-bond donors (Lipinski definition) is 1. The predicted molar refractivity (Wildman–Crippen MR) is 81.8 cm³/mol. The maximum absolute atomic E-state index is 12.5. The van der Waals surface area contributed by atoms with Gasteiger partial charge in [-0.1, -0.05) is 12.1 Å². The molecule has 1 aliphatic heterocycles. The molecule has 0 aromatic heterocycles. The Balaban J connectivity index is 2.02. The first-order valence-electron chi connectivity index (χ1n) is 7.36. The molecule has 0 radical (unpaired) electrons. The van der Waals surface area contributed by atoms with Crippen LogP contribution in [0.3, 0.4) is 0 Å². The van der Waals surface area contributed by atoms with Gasteiger partial charge in [0.25, 0.3) is 5.91 Å². The highest BCUT2D eigenvalue weighted by molar-refractivity contribution is 5.94. The van der Waals surface area contributed by atoms with E-state index in [0.29, 0.717) is 12.6 Å². The van der Waals surface area contributed by atoms with Gasteiger partial charge in [0, 0.05) is 25.2 Å². The summed E-state index contributed by atoms with van der Waals surface area (Å²) in [5, 5.41) is 0. The Kier molecular flexibility index (Phi) is 5.15. The van der Waals surface area contributed by atoms with Gasteiger partial charge in [-0.25, -0.2) is 0 Å². The van der Waals surface area contributed by atoms with Gasteiger partial charge in [-0.3, -0.25) is 4.79 Å². The van der Waals surface area contributed by atoms with E-state index in [0.717, 1.165) is 37.9 Å². The number of carbonyl (C=O) groups is 1. The van der Waals surface area contributed by atoms with E-state index < -0.39 is 0 Å². The fraction of sp³-hybridized carbons (Fsp3) is 0.562. The molecule has 4 nitrogen and oxygen atoms in total. The van der Waals surface area contributed by atoms with Crippen LogP contribution in [0.5, 0.6) is 0 Å². The highest BCUT2D eigenvalue weighted by atomic mass is 16.2. The second kappa shape index (κ2) is 6.86. The molecule has 1 saturated heterocycles. The fourth-order valence-corrected chi connectivity index (χ4v) is 2.81. The molecule has 0 aliphatic carbocycles. The van der Waals surface area contributed by atoms with E-state index in [4.69, 9.17) is 5.73 Å². The second-order valence-electron chi connectivity index (χ2n) is 5.71. The van der Waals surface area contributed by atoms with Crippen LogP contribution in [-0.2, 0) is 6.42 Å². The summed E-state index contributed by atoms with van der Waals surface area (Å²) in [4.78, 5) is 16.7. The van der Waals surface area contributed by atoms with Crippen molar-refractivity contribution in [1.82, 2.24) is 9.80 Å². The smallest absolute Gasteiger partial charge is 0.253 e. The van der Waals surface area contributed by atoms with Crippen LogP contribution in [0.1, 0.15) is 28.8 Å². The normalized spacial score (nSPS) is 19.9. The first-order valence-corrected chi connectivity index (χ1v) is 7.36. The summed E-state index contributed by atoms with van der Waals surface area (Å²) in [5.74, 6) is 0.115. The zero-order chi connectivity index (χ0) is 14.5. The second-order valence-corrected chi connectivity index (χ2v) is 5.71. The molecule has 4 heteroatoms. The van der Waals surface area contributed by atoms with Crippen molar-refractivity contribution in [2.24, 2.45) is 5.73 Å². The topological polar surface area (TPSA) is 49.6 Å². The molecule has 0 bridgehead atoms. The Morgan fingerprint density at radius 1 is 1.40 bits per heavy atom. The number of benzene rings is 1. The lowest BCUT2D eigenvalue weighted by molar-refractivity contribution is 0.0644. The van der Waals surface area contributed by atoms with Gasteiger partial charge in [-0.15, -0.1) is 0 Å². The summed E-state index contributed by atoms with van der Waals surface area (Å²) < 4.78 is 0. The fourth-order valence-electron chi connectivity index (χ4n) is 2.81. The summed E-state index contributed by atoms with van der Waals surface area (Å²) in [6, 6.07) is 8.15. The van der Waals surface area contributed by atoms with Crippen molar-refractivity contribution < 1.29 is 4.79 Å². The lowest BCUT2D eigenvalue weighted by Gasteiger charge is -2.35. The Hall–Kier alpha value is -1.39. The van der Waals surface area contributed by atoms with Crippen LogP contribution < -0.4 is 5.73 Å². The van der Waals surface area contributed by atoms with E-state index in [9.17, 15) is 4.79 Å². The molecule has 110 valence electrons. The molecule has 1 aromatic rings. The van der Waals surface area contributed by atoms with Crippen LogP contribution in [0.25, 0.3) is 0 Å². The average Bonchev–Trinajstić information content (AvgIpc) is 2.47. The zero-order valence-corrected chi connectivity index (χ0v) is 12.5. The molecule has 1 heterocycles. The quantitative estimate of drug-likeness (QED) is 0.902. The Labute approximate surface area is 121 Å². The molecule has 1 unspecified atom stereocenters. The number of piperidine rings is 1. The minimum atomic E-state index is 0.115. The van der Waals surface area contributed by atoms with E-state index in [-0.39, 0.29) is 5.91 Å². The van der Waals surface area contributed by atoms with Gasteiger partial charge < -0.3 is 15.5 Å². The monoisotopic (exact) mass is 275 g/mol. The van der Waals surface area contributed by atoms with Gasteiger partial charge in [-0.2, -0.15) is 0 Å². The van der Waals surface area contributed by atoms with Crippen molar-refractivity contribution in [3.05, 3.63) is 35.4 Å². The molecule has 20 heavy (non-hydrogen) atoms. The number of likely N-dealkylation sites (tertiary alicyclic amines) is 1. The molecule has 1 fully saturated rings. The van der Waals surface area contributed by atoms with E-state index in [1.807, 2.05) is 36.2 Å². The molecule has 1 aromatic carbocycles. The molecule has 2 rings (SSSR count). The standard InChI is InChI=1S/C16H25N3O/c1-18-11-3-4-15(12-18)19(2)16(20)14-7-5-13(6-8-14)9-10-17/h5-8,15H,3-4,9-12,17H2,1-2H3. The summed E-state index contributed by atoms with van der Waals surface area (Å²) in [6.45, 7) is 2.74. The molecule has 1 aliphatic rings. The maximum atomic E-state index is 12.5. The van der Waals surface area contributed by atoms with Crippen molar-refractivity contribution in [2.75, 3.05) is 33.7 Å². The van der Waals surface area contributed by atoms with Gasteiger partial charge in [0.1, 0.15) is 0 Å². The summed E-state index contributed by atoms with van der Waals surface area (Å²) in [5.41, 5.74) is 7.49. The summed E-state index contributed by atoms with van der Waals surface area (Å²) in [7, 11) is 4.03. The molecule has 1 amide bonds. The van der Waals surface area contributed by atoms with Crippen LogP contribution in [0, 0.1) is 0 Å². The minimum absolute atomic E-state index is 0.115. The predicted octanol–water partition coefficient (Wildman–Crippen LogP) is 1.35. The van der Waals surface area contributed by atoms with E-state index in [1.54, 1.807) is 0 Å². The number of likely N-dealkylation sites (N-methyl/N-ethyl adjacent to an activating group) is 2. The van der Waals surface area contributed by atoms with E-state index in [2.05, 4.69) is 11.9 Å².